The lowest BCUT2D eigenvalue weighted by atomic mass is 10.1. The molecule has 0 aliphatic rings. The van der Waals surface area contributed by atoms with E-state index in [1.807, 2.05) is 0 Å². The minimum absolute atomic E-state index is 0.0322. The van der Waals surface area contributed by atoms with E-state index in [-0.39, 0.29) is 45.5 Å². The van der Waals surface area contributed by atoms with Gasteiger partial charge in [0.2, 0.25) is 0 Å². The molecule has 3 heterocycles. The molecule has 35 heavy (non-hydrogen) atoms. The van der Waals surface area contributed by atoms with E-state index in [9.17, 15) is 22.0 Å². The number of carbonyl (C=O) groups excluding carboxylic acids is 1. The molecule has 0 fully saturated rings. The summed E-state index contributed by atoms with van der Waals surface area (Å²) in [6, 6.07) is 5.12. The first-order valence-electron chi connectivity index (χ1n) is 10.1. The average molecular weight is 506 g/mol. The van der Waals surface area contributed by atoms with Gasteiger partial charge in [0, 0.05) is 38.3 Å². The smallest absolute Gasteiger partial charge is 0.387 e. The number of ether oxygens (including phenoxy) is 2. The van der Waals surface area contributed by atoms with Gasteiger partial charge in [-0.1, -0.05) is 0 Å². The van der Waals surface area contributed by atoms with Crippen molar-refractivity contribution in [1.82, 2.24) is 24.4 Å². The Hall–Kier alpha value is -3.91. The maximum absolute atomic E-state index is 13.1. The lowest BCUT2D eigenvalue weighted by Gasteiger charge is -2.13. The number of alkyl halides is 2. The number of fused-ring (bicyclic) bond motifs is 1. The highest BCUT2D eigenvalue weighted by atomic mass is 32.2. The molecule has 14 heteroatoms. The van der Waals surface area contributed by atoms with Gasteiger partial charge in [0.15, 0.2) is 15.5 Å². The van der Waals surface area contributed by atoms with Crippen LogP contribution in [-0.4, -0.2) is 64.8 Å². The summed E-state index contributed by atoms with van der Waals surface area (Å²) in [4.78, 5) is 17.0. The van der Waals surface area contributed by atoms with Crippen molar-refractivity contribution in [1.29, 1.82) is 0 Å². The maximum Gasteiger partial charge on any atom is 0.387 e. The number of anilines is 1. The summed E-state index contributed by atoms with van der Waals surface area (Å²) in [7, 11) is -0.874. The number of rotatable bonds is 9. The van der Waals surface area contributed by atoms with Gasteiger partial charge in [0.05, 0.1) is 29.1 Å². The van der Waals surface area contributed by atoms with E-state index >= 15 is 0 Å². The van der Waals surface area contributed by atoms with Crippen LogP contribution in [-0.2, 0) is 21.6 Å². The summed E-state index contributed by atoms with van der Waals surface area (Å²) < 4.78 is 63.8. The van der Waals surface area contributed by atoms with E-state index in [4.69, 9.17) is 4.74 Å². The number of amides is 1. The molecule has 1 amide bonds. The number of nitrogens with zero attached hydrogens (tertiary/aromatic N) is 5. The molecule has 1 N–H and O–H groups in total. The predicted octanol–water partition coefficient (Wildman–Crippen LogP) is 2.40. The van der Waals surface area contributed by atoms with Crippen molar-refractivity contribution in [2.24, 2.45) is 7.05 Å². The van der Waals surface area contributed by atoms with Gasteiger partial charge in [-0.15, -0.1) is 0 Å². The Kier molecular flexibility index (Phi) is 6.75. The van der Waals surface area contributed by atoms with E-state index in [1.165, 1.54) is 41.0 Å². The molecule has 0 atom stereocenters. The third-order valence-electron chi connectivity index (χ3n) is 4.94. The van der Waals surface area contributed by atoms with Gasteiger partial charge in [0.1, 0.15) is 17.0 Å². The number of sulfone groups is 1. The monoisotopic (exact) mass is 506 g/mol. The van der Waals surface area contributed by atoms with Crippen LogP contribution in [0.1, 0.15) is 10.4 Å². The number of aryl methyl sites for hydroxylation is 1. The largest absolute Gasteiger partial charge is 0.434 e. The van der Waals surface area contributed by atoms with E-state index < -0.39 is 22.4 Å². The van der Waals surface area contributed by atoms with E-state index in [1.54, 1.807) is 19.3 Å². The number of nitrogens with one attached hydrogen (secondary N) is 1. The molecule has 0 saturated heterocycles. The molecule has 0 aliphatic carbocycles. The van der Waals surface area contributed by atoms with Gasteiger partial charge in [-0.05, 0) is 24.3 Å². The molecule has 0 saturated carbocycles. The Morgan fingerprint density at radius 2 is 2.09 bits per heavy atom. The zero-order valence-electron chi connectivity index (χ0n) is 18.6. The number of hydrogen-bond acceptors (Lipinski definition) is 8. The molecule has 4 aromatic rings. The van der Waals surface area contributed by atoms with Gasteiger partial charge in [0.25, 0.3) is 5.91 Å². The normalized spacial score (nSPS) is 11.8. The molecule has 0 spiro atoms. The molecular formula is C21H20F2N6O5S. The van der Waals surface area contributed by atoms with Crippen molar-refractivity contribution in [2.75, 3.05) is 24.8 Å². The molecule has 11 nitrogen and oxygen atoms in total. The summed E-state index contributed by atoms with van der Waals surface area (Å²) >= 11 is 0. The SMILES string of the molecule is COCCS(=O)(=O)c1ccc(OC(F)F)c(-c2nn(C)cc2NC(=O)c2cnn3cccnc23)c1. The molecule has 0 unspecified atom stereocenters. The zero-order valence-corrected chi connectivity index (χ0v) is 19.4. The van der Waals surface area contributed by atoms with Crippen molar-refractivity contribution in [3.05, 3.63) is 54.6 Å². The molecule has 0 radical (unpaired) electrons. The Morgan fingerprint density at radius 3 is 2.83 bits per heavy atom. The van der Waals surface area contributed by atoms with E-state index in [0.29, 0.717) is 5.65 Å². The van der Waals surface area contributed by atoms with Crippen LogP contribution in [0.15, 0.2) is 53.9 Å². The number of halogens is 2. The third kappa shape index (κ3) is 5.12. The highest BCUT2D eigenvalue weighted by Gasteiger charge is 2.24. The Morgan fingerprint density at radius 1 is 1.29 bits per heavy atom. The van der Waals surface area contributed by atoms with Crippen molar-refractivity contribution >= 4 is 27.1 Å². The fourth-order valence-corrected chi connectivity index (χ4v) is 4.55. The second-order valence-electron chi connectivity index (χ2n) is 7.31. The molecule has 0 bridgehead atoms. The number of hydrogen-bond donors (Lipinski definition) is 1. The Labute approximate surface area is 198 Å². The number of methoxy groups -OCH3 is 1. The average Bonchev–Trinajstić information content (AvgIpc) is 3.40. The zero-order chi connectivity index (χ0) is 25.2. The highest BCUT2D eigenvalue weighted by Crippen LogP contribution is 2.37. The van der Waals surface area contributed by atoms with Crippen LogP contribution < -0.4 is 10.1 Å². The van der Waals surface area contributed by atoms with E-state index in [2.05, 4.69) is 25.2 Å². The summed E-state index contributed by atoms with van der Waals surface area (Å²) in [5.74, 6) is -1.20. The Bertz CT molecular complexity index is 1480. The minimum atomic E-state index is -3.80. The van der Waals surface area contributed by atoms with Gasteiger partial charge in [-0.2, -0.15) is 19.0 Å². The first kappa shape index (κ1) is 24.2. The second kappa shape index (κ2) is 9.76. The van der Waals surface area contributed by atoms with Crippen LogP contribution in [0.3, 0.4) is 0 Å². The molecule has 184 valence electrons. The fourth-order valence-electron chi connectivity index (χ4n) is 3.35. The first-order chi connectivity index (χ1) is 16.7. The standard InChI is InChI=1S/C21H20F2N6O5S/c1-28-12-16(26-20(30)15-11-25-29-7-3-6-24-19(15)29)18(27-28)14-10-13(35(31,32)9-8-33-2)4-5-17(14)34-21(22)23/h3-7,10-12,21H,8-9H2,1-2H3,(H,26,30). The van der Waals surface area contributed by atoms with E-state index in [0.717, 1.165) is 12.1 Å². The van der Waals surface area contributed by atoms with Gasteiger partial charge in [-0.3, -0.25) is 9.48 Å². The van der Waals surface area contributed by atoms with Crippen LogP contribution >= 0.6 is 0 Å². The third-order valence-corrected chi connectivity index (χ3v) is 6.61. The number of carbonyl (C=O) groups is 1. The van der Waals surface area contributed by atoms with Crippen molar-refractivity contribution < 1.29 is 31.5 Å². The number of aromatic nitrogens is 5. The van der Waals surface area contributed by atoms with Crippen molar-refractivity contribution in [2.45, 2.75) is 11.5 Å². The molecule has 3 aromatic heterocycles. The topological polar surface area (TPSA) is 130 Å². The first-order valence-corrected chi connectivity index (χ1v) is 11.8. The Balaban J connectivity index is 1.76. The van der Waals surface area contributed by atoms with Crippen LogP contribution in [0.5, 0.6) is 5.75 Å². The lowest BCUT2D eigenvalue weighted by Crippen LogP contribution is -2.13. The minimum Gasteiger partial charge on any atom is -0.434 e. The second-order valence-corrected chi connectivity index (χ2v) is 9.42. The molecular weight excluding hydrogens is 486 g/mol. The fraction of sp³-hybridized carbons (Fsp3) is 0.238. The van der Waals surface area contributed by atoms with Crippen LogP contribution in [0.4, 0.5) is 14.5 Å². The van der Waals surface area contributed by atoms with Crippen LogP contribution in [0.2, 0.25) is 0 Å². The summed E-state index contributed by atoms with van der Waals surface area (Å²) in [5.41, 5.74) is 0.601. The molecule has 0 aliphatic heterocycles. The van der Waals surface area contributed by atoms with Crippen molar-refractivity contribution in [3.8, 4) is 17.0 Å². The summed E-state index contributed by atoms with van der Waals surface area (Å²) in [5, 5.41) is 11.0. The summed E-state index contributed by atoms with van der Waals surface area (Å²) in [6.45, 7) is -3.22. The van der Waals surface area contributed by atoms with Gasteiger partial charge in [-0.25, -0.2) is 17.9 Å². The van der Waals surface area contributed by atoms with Gasteiger partial charge < -0.3 is 14.8 Å². The van der Waals surface area contributed by atoms with Crippen LogP contribution in [0.25, 0.3) is 16.9 Å². The lowest BCUT2D eigenvalue weighted by molar-refractivity contribution is -0.0494. The number of benzene rings is 1. The molecule has 4 rings (SSSR count). The van der Waals surface area contributed by atoms with Crippen molar-refractivity contribution in [3.63, 3.8) is 0 Å². The maximum atomic E-state index is 13.1. The van der Waals surface area contributed by atoms with Crippen LogP contribution in [0, 0.1) is 0 Å². The quantitative estimate of drug-likeness (QED) is 0.366. The highest BCUT2D eigenvalue weighted by molar-refractivity contribution is 7.91. The summed E-state index contributed by atoms with van der Waals surface area (Å²) in [6.07, 6.45) is 5.91. The molecule has 1 aromatic carbocycles. The van der Waals surface area contributed by atoms with Gasteiger partial charge >= 0.3 is 6.61 Å². The predicted molar refractivity (Wildman–Crippen MR) is 120 cm³/mol.